The molecule has 1 fully saturated rings. The van der Waals surface area contributed by atoms with Crippen molar-refractivity contribution in [2.75, 3.05) is 44.4 Å². The number of nitrogens with zero attached hydrogens (tertiary/aromatic N) is 4. The van der Waals surface area contributed by atoms with Crippen LogP contribution in [0.3, 0.4) is 0 Å². The Kier molecular flexibility index (Phi) is 8.21. The zero-order valence-electron chi connectivity index (χ0n) is 21.1. The van der Waals surface area contributed by atoms with Crippen LogP contribution in [0.25, 0.3) is 11.3 Å². The zero-order valence-corrected chi connectivity index (χ0v) is 21.9. The van der Waals surface area contributed by atoms with Gasteiger partial charge in [-0.1, -0.05) is 12.1 Å². The number of carbonyl (C=O) groups is 1. The van der Waals surface area contributed by atoms with E-state index in [4.69, 9.17) is 4.74 Å². The predicted octanol–water partition coefficient (Wildman–Crippen LogP) is 3.92. The maximum atomic E-state index is 13.4. The number of hydrogen-bond acceptors (Lipinski definition) is 7. The summed E-state index contributed by atoms with van der Waals surface area (Å²) in [6, 6.07) is 17.7. The molecule has 0 saturated carbocycles. The fourth-order valence-corrected chi connectivity index (χ4v) is 5.20. The standard InChI is InChI=1S/C28H30N4O4S/c1-31(24-11-10-22(19-29)25(18-24)26-7-3-4-12-30-26)28(33)21-8-9-23(20-37(2,34)35)27(17-21)36-16-15-32-13-5-6-14-32/h3-4,7-12,17-18H,5-6,13-16,20H2,1-2H3. The lowest BCUT2D eigenvalue weighted by Gasteiger charge is -2.20. The highest BCUT2D eigenvalue weighted by Gasteiger charge is 2.20. The highest BCUT2D eigenvalue weighted by Crippen LogP contribution is 2.29. The van der Waals surface area contributed by atoms with E-state index in [-0.39, 0.29) is 11.7 Å². The molecule has 0 aliphatic carbocycles. The van der Waals surface area contributed by atoms with Gasteiger partial charge in [0.15, 0.2) is 9.84 Å². The lowest BCUT2D eigenvalue weighted by molar-refractivity contribution is 0.0992. The quantitative estimate of drug-likeness (QED) is 0.423. The van der Waals surface area contributed by atoms with Crippen molar-refractivity contribution in [3.8, 4) is 23.1 Å². The Balaban J connectivity index is 1.59. The van der Waals surface area contributed by atoms with E-state index < -0.39 is 9.84 Å². The van der Waals surface area contributed by atoms with Crippen LogP contribution in [0.1, 0.15) is 34.3 Å². The van der Waals surface area contributed by atoms with Crippen molar-refractivity contribution in [3.05, 3.63) is 77.5 Å². The van der Waals surface area contributed by atoms with E-state index in [9.17, 15) is 18.5 Å². The number of rotatable bonds is 9. The number of likely N-dealkylation sites (tertiary alicyclic amines) is 1. The van der Waals surface area contributed by atoms with E-state index in [1.54, 1.807) is 55.7 Å². The molecule has 192 valence electrons. The SMILES string of the molecule is CN(C(=O)c1ccc(CS(C)(=O)=O)c(OCCN2CCCC2)c1)c1ccc(C#N)c(-c2ccccn2)c1. The molecule has 1 aliphatic rings. The van der Waals surface area contributed by atoms with E-state index in [1.165, 1.54) is 24.0 Å². The van der Waals surface area contributed by atoms with Gasteiger partial charge in [0.25, 0.3) is 5.91 Å². The first-order valence-electron chi connectivity index (χ1n) is 12.1. The summed E-state index contributed by atoms with van der Waals surface area (Å²) in [4.78, 5) is 21.6. The zero-order chi connectivity index (χ0) is 26.4. The van der Waals surface area contributed by atoms with Gasteiger partial charge in [-0.2, -0.15) is 5.26 Å². The monoisotopic (exact) mass is 518 g/mol. The van der Waals surface area contributed by atoms with Crippen molar-refractivity contribution in [3.63, 3.8) is 0 Å². The van der Waals surface area contributed by atoms with Crippen molar-refractivity contribution in [2.24, 2.45) is 0 Å². The number of ether oxygens (including phenoxy) is 1. The summed E-state index contributed by atoms with van der Waals surface area (Å²) in [5.74, 6) is -0.0516. The molecule has 1 aromatic heterocycles. The molecule has 2 heterocycles. The summed E-state index contributed by atoms with van der Waals surface area (Å²) in [6.07, 6.45) is 5.18. The van der Waals surface area contributed by atoms with Gasteiger partial charge in [-0.25, -0.2) is 8.42 Å². The van der Waals surface area contributed by atoms with Crippen LogP contribution < -0.4 is 9.64 Å². The molecule has 8 nitrogen and oxygen atoms in total. The van der Waals surface area contributed by atoms with Gasteiger partial charge in [0.05, 0.1) is 23.1 Å². The summed E-state index contributed by atoms with van der Waals surface area (Å²) < 4.78 is 30.0. The molecule has 0 spiro atoms. The van der Waals surface area contributed by atoms with Gasteiger partial charge >= 0.3 is 0 Å². The number of aromatic nitrogens is 1. The van der Waals surface area contributed by atoms with Gasteiger partial charge in [-0.05, 0) is 68.4 Å². The van der Waals surface area contributed by atoms with Crippen LogP contribution in [-0.2, 0) is 15.6 Å². The predicted molar refractivity (Wildman–Crippen MR) is 143 cm³/mol. The molecular formula is C28H30N4O4S. The van der Waals surface area contributed by atoms with E-state index in [0.717, 1.165) is 19.6 Å². The fraction of sp³-hybridized carbons (Fsp3) is 0.321. The van der Waals surface area contributed by atoms with Crippen LogP contribution in [0.5, 0.6) is 5.75 Å². The number of amides is 1. The third-order valence-corrected chi connectivity index (χ3v) is 7.19. The fourth-order valence-electron chi connectivity index (χ4n) is 4.40. The highest BCUT2D eigenvalue weighted by atomic mass is 32.2. The van der Waals surface area contributed by atoms with Crippen LogP contribution in [0, 0.1) is 11.3 Å². The Bertz CT molecular complexity index is 1410. The van der Waals surface area contributed by atoms with E-state index in [0.29, 0.717) is 46.0 Å². The Morgan fingerprint density at radius 2 is 1.92 bits per heavy atom. The number of benzene rings is 2. The summed E-state index contributed by atoms with van der Waals surface area (Å²) >= 11 is 0. The molecule has 0 radical (unpaired) electrons. The number of anilines is 1. The van der Waals surface area contributed by atoms with Crippen molar-refractivity contribution in [1.29, 1.82) is 5.26 Å². The van der Waals surface area contributed by atoms with Gasteiger partial charge < -0.3 is 9.64 Å². The second-order valence-corrected chi connectivity index (χ2v) is 11.4. The highest BCUT2D eigenvalue weighted by molar-refractivity contribution is 7.89. The number of nitriles is 1. The van der Waals surface area contributed by atoms with Crippen molar-refractivity contribution in [2.45, 2.75) is 18.6 Å². The Labute approximate surface area is 218 Å². The first-order valence-corrected chi connectivity index (χ1v) is 14.2. The first kappa shape index (κ1) is 26.3. The molecule has 0 bridgehead atoms. The third kappa shape index (κ3) is 6.73. The van der Waals surface area contributed by atoms with Crippen LogP contribution in [0.2, 0.25) is 0 Å². The lowest BCUT2D eigenvalue weighted by atomic mass is 10.0. The Morgan fingerprint density at radius 3 is 2.59 bits per heavy atom. The van der Waals surface area contributed by atoms with Gasteiger partial charge in [-0.15, -0.1) is 0 Å². The first-order chi connectivity index (χ1) is 17.7. The molecule has 0 atom stereocenters. The second kappa shape index (κ2) is 11.5. The van der Waals surface area contributed by atoms with Crippen molar-refractivity contribution in [1.82, 2.24) is 9.88 Å². The second-order valence-electron chi connectivity index (χ2n) is 9.21. The Hall–Kier alpha value is -3.74. The molecule has 1 amide bonds. The number of sulfone groups is 1. The molecule has 0 N–H and O–H groups in total. The molecule has 0 unspecified atom stereocenters. The van der Waals surface area contributed by atoms with Crippen LogP contribution in [0.4, 0.5) is 5.69 Å². The smallest absolute Gasteiger partial charge is 0.258 e. The average Bonchev–Trinajstić information content (AvgIpc) is 3.41. The molecule has 4 rings (SSSR count). The number of hydrogen-bond donors (Lipinski definition) is 0. The van der Waals surface area contributed by atoms with Crippen LogP contribution >= 0.6 is 0 Å². The van der Waals surface area contributed by atoms with Gasteiger partial charge in [0.1, 0.15) is 12.4 Å². The van der Waals surface area contributed by atoms with E-state index in [1.807, 2.05) is 12.1 Å². The largest absolute Gasteiger partial charge is 0.492 e. The molecule has 1 saturated heterocycles. The van der Waals surface area contributed by atoms with Gasteiger partial charge in [-0.3, -0.25) is 14.7 Å². The van der Waals surface area contributed by atoms with Gasteiger partial charge in [0, 0.05) is 48.4 Å². The molecule has 2 aromatic carbocycles. The van der Waals surface area contributed by atoms with Crippen molar-refractivity contribution < 1.29 is 17.9 Å². The Morgan fingerprint density at radius 1 is 1.14 bits per heavy atom. The molecule has 9 heteroatoms. The number of pyridine rings is 1. The molecule has 3 aromatic rings. The minimum Gasteiger partial charge on any atom is -0.492 e. The minimum atomic E-state index is -3.29. The summed E-state index contributed by atoms with van der Waals surface area (Å²) in [7, 11) is -1.63. The lowest BCUT2D eigenvalue weighted by Crippen LogP contribution is -2.27. The minimum absolute atomic E-state index is 0.167. The van der Waals surface area contributed by atoms with E-state index in [2.05, 4.69) is 16.0 Å². The average molecular weight is 519 g/mol. The topological polar surface area (TPSA) is 104 Å². The number of carbonyl (C=O) groups excluding carboxylic acids is 1. The maximum Gasteiger partial charge on any atom is 0.258 e. The normalized spacial score (nSPS) is 13.8. The van der Waals surface area contributed by atoms with Crippen molar-refractivity contribution >= 4 is 21.4 Å². The molecule has 37 heavy (non-hydrogen) atoms. The molecule has 1 aliphatic heterocycles. The summed E-state index contributed by atoms with van der Waals surface area (Å²) in [6.45, 7) is 3.23. The van der Waals surface area contributed by atoms with Crippen LogP contribution in [0.15, 0.2) is 60.8 Å². The van der Waals surface area contributed by atoms with E-state index >= 15 is 0 Å². The molecular weight excluding hydrogens is 488 g/mol. The third-order valence-electron chi connectivity index (χ3n) is 6.35. The van der Waals surface area contributed by atoms with Gasteiger partial charge in [0.2, 0.25) is 0 Å². The maximum absolute atomic E-state index is 13.4. The van der Waals surface area contributed by atoms with Crippen LogP contribution in [-0.4, -0.2) is 63.8 Å². The summed E-state index contributed by atoms with van der Waals surface area (Å²) in [5.41, 5.74) is 3.23. The summed E-state index contributed by atoms with van der Waals surface area (Å²) in [5, 5.41) is 9.56.